The highest BCUT2D eigenvalue weighted by molar-refractivity contribution is 8.03. The normalized spacial score (nSPS) is 31.9. The summed E-state index contributed by atoms with van der Waals surface area (Å²) in [6, 6.07) is 0. The van der Waals surface area contributed by atoms with Crippen LogP contribution in [0.25, 0.3) is 0 Å². The van der Waals surface area contributed by atoms with Crippen molar-refractivity contribution in [1.82, 2.24) is 0 Å². The molecule has 0 bridgehead atoms. The van der Waals surface area contributed by atoms with Crippen molar-refractivity contribution in [2.45, 2.75) is 13.0 Å². The zero-order chi connectivity index (χ0) is 6.97. The minimum absolute atomic E-state index is 0.263. The molecule has 0 radical (unpaired) electrons. The highest BCUT2D eigenvalue weighted by Gasteiger charge is 2.28. The van der Waals surface area contributed by atoms with E-state index in [2.05, 4.69) is 6.92 Å². The maximum atomic E-state index is 5.47. The van der Waals surface area contributed by atoms with Crippen LogP contribution in [0.4, 0.5) is 0 Å². The Hall–Kier alpha value is -0.150. The van der Waals surface area contributed by atoms with E-state index in [9.17, 15) is 0 Å². The number of allylic oxidation sites excluding steroid dienone is 1. The monoisotopic (exact) mass is 158 g/mol. The molecule has 1 fully saturated rings. The molecule has 0 N–H and O–H groups in total. The fourth-order valence-corrected chi connectivity index (χ4v) is 2.22. The summed E-state index contributed by atoms with van der Waals surface area (Å²) in [5, 5.41) is 0. The second kappa shape index (κ2) is 2.47. The second-order valence-electron chi connectivity index (χ2n) is 2.44. The fourth-order valence-electron chi connectivity index (χ4n) is 1.23. The highest BCUT2D eigenvalue weighted by atomic mass is 32.2. The van der Waals surface area contributed by atoms with Gasteiger partial charge in [-0.1, -0.05) is 0 Å². The maximum absolute atomic E-state index is 5.47. The number of fused-ring (bicyclic) bond motifs is 1. The van der Waals surface area contributed by atoms with Crippen LogP contribution in [0.15, 0.2) is 10.7 Å². The summed E-state index contributed by atoms with van der Waals surface area (Å²) in [6.45, 7) is 3.57. The quantitative estimate of drug-likeness (QED) is 0.530. The lowest BCUT2D eigenvalue weighted by Gasteiger charge is -2.21. The van der Waals surface area contributed by atoms with Gasteiger partial charge in [-0.25, -0.2) is 0 Å². The average Bonchev–Trinajstić information content (AvgIpc) is 2.34. The largest absolute Gasteiger partial charge is 0.492 e. The van der Waals surface area contributed by atoms with Gasteiger partial charge in [0.1, 0.15) is 18.5 Å². The first-order chi connectivity index (χ1) is 4.88. The van der Waals surface area contributed by atoms with Crippen LogP contribution in [0.3, 0.4) is 0 Å². The van der Waals surface area contributed by atoms with Crippen LogP contribution >= 0.6 is 11.8 Å². The van der Waals surface area contributed by atoms with Gasteiger partial charge in [0.2, 0.25) is 0 Å². The van der Waals surface area contributed by atoms with E-state index in [1.165, 1.54) is 4.91 Å². The minimum Gasteiger partial charge on any atom is -0.492 e. The van der Waals surface area contributed by atoms with Crippen molar-refractivity contribution in [2.24, 2.45) is 0 Å². The van der Waals surface area contributed by atoms with E-state index in [0.717, 1.165) is 24.7 Å². The Balaban J connectivity index is 2.18. The lowest BCUT2D eigenvalue weighted by Crippen LogP contribution is -2.26. The van der Waals surface area contributed by atoms with E-state index in [4.69, 9.17) is 9.47 Å². The lowest BCUT2D eigenvalue weighted by atomic mass is 10.3. The van der Waals surface area contributed by atoms with Crippen LogP contribution in [0.2, 0.25) is 0 Å². The van der Waals surface area contributed by atoms with E-state index in [1.54, 1.807) is 0 Å². The molecule has 0 aromatic carbocycles. The maximum Gasteiger partial charge on any atom is 0.135 e. The van der Waals surface area contributed by atoms with Gasteiger partial charge in [0.25, 0.3) is 0 Å². The molecular formula is C7H10O2S. The van der Waals surface area contributed by atoms with Crippen molar-refractivity contribution < 1.29 is 9.47 Å². The molecule has 1 atom stereocenters. The Morgan fingerprint density at radius 2 is 2.40 bits per heavy atom. The van der Waals surface area contributed by atoms with Crippen LogP contribution in [0.5, 0.6) is 0 Å². The van der Waals surface area contributed by atoms with Gasteiger partial charge in [-0.2, -0.15) is 0 Å². The molecule has 1 unspecified atom stereocenters. The average molecular weight is 158 g/mol. The summed E-state index contributed by atoms with van der Waals surface area (Å²) >= 11 is 1.83. The molecule has 56 valence electrons. The minimum atomic E-state index is 0.263. The van der Waals surface area contributed by atoms with E-state index >= 15 is 0 Å². The zero-order valence-electron chi connectivity index (χ0n) is 5.92. The lowest BCUT2D eigenvalue weighted by molar-refractivity contribution is -0.0300. The van der Waals surface area contributed by atoms with Crippen LogP contribution in [0.1, 0.15) is 6.92 Å². The summed E-state index contributed by atoms with van der Waals surface area (Å²) in [5.41, 5.74) is 0. The van der Waals surface area contributed by atoms with Crippen molar-refractivity contribution in [3.63, 3.8) is 0 Å². The Morgan fingerprint density at radius 3 is 3.20 bits per heavy atom. The second-order valence-corrected chi connectivity index (χ2v) is 3.67. The Bertz CT molecular complexity index is 176. The van der Waals surface area contributed by atoms with E-state index < -0.39 is 0 Å². The topological polar surface area (TPSA) is 18.5 Å². The van der Waals surface area contributed by atoms with Crippen molar-refractivity contribution >= 4 is 11.8 Å². The molecule has 0 aromatic heterocycles. The van der Waals surface area contributed by atoms with Gasteiger partial charge in [-0.3, -0.25) is 0 Å². The summed E-state index contributed by atoms with van der Waals surface area (Å²) in [6.07, 6.45) is 0.263. The molecule has 1 saturated heterocycles. The van der Waals surface area contributed by atoms with E-state index in [0.29, 0.717) is 0 Å². The van der Waals surface area contributed by atoms with Gasteiger partial charge < -0.3 is 9.47 Å². The number of rotatable bonds is 0. The summed E-state index contributed by atoms with van der Waals surface area (Å²) in [4.78, 5) is 1.30. The van der Waals surface area contributed by atoms with Crippen molar-refractivity contribution in [2.75, 3.05) is 19.0 Å². The standard InChI is InChI=1S/C7H10O2S/c1-5-7-6(4-10-5)8-2-3-9-7/h6H,2-4H2,1H3. The van der Waals surface area contributed by atoms with Gasteiger partial charge in [0.15, 0.2) is 0 Å². The van der Waals surface area contributed by atoms with Crippen LogP contribution in [-0.2, 0) is 9.47 Å². The number of thioether (sulfide) groups is 1. The smallest absolute Gasteiger partial charge is 0.135 e. The molecular weight excluding hydrogens is 148 g/mol. The Labute approximate surface area is 64.6 Å². The van der Waals surface area contributed by atoms with Crippen molar-refractivity contribution in [3.05, 3.63) is 10.7 Å². The van der Waals surface area contributed by atoms with Crippen molar-refractivity contribution in [3.8, 4) is 0 Å². The first-order valence-electron chi connectivity index (χ1n) is 3.46. The third-order valence-corrected chi connectivity index (χ3v) is 2.85. The molecule has 0 aromatic rings. The molecule has 0 aliphatic carbocycles. The summed E-state index contributed by atoms with van der Waals surface area (Å²) < 4.78 is 10.9. The molecule has 0 spiro atoms. The van der Waals surface area contributed by atoms with Gasteiger partial charge in [0, 0.05) is 10.7 Å². The SMILES string of the molecule is CC1=C2OCCOC2CS1. The number of hydrogen-bond acceptors (Lipinski definition) is 3. The number of hydrogen-bond donors (Lipinski definition) is 0. The molecule has 10 heavy (non-hydrogen) atoms. The number of ether oxygens (including phenoxy) is 2. The Kier molecular flexibility index (Phi) is 1.62. The Morgan fingerprint density at radius 1 is 1.50 bits per heavy atom. The van der Waals surface area contributed by atoms with Gasteiger partial charge in [0.05, 0.1) is 6.61 Å². The van der Waals surface area contributed by atoms with Gasteiger partial charge >= 0.3 is 0 Å². The van der Waals surface area contributed by atoms with Gasteiger partial charge in [-0.15, -0.1) is 11.8 Å². The molecule has 2 rings (SSSR count). The predicted octanol–water partition coefficient (Wildman–Crippen LogP) is 1.38. The molecule has 2 heterocycles. The van der Waals surface area contributed by atoms with Crippen LogP contribution in [0, 0.1) is 0 Å². The zero-order valence-corrected chi connectivity index (χ0v) is 6.74. The fraction of sp³-hybridized carbons (Fsp3) is 0.714. The first-order valence-corrected chi connectivity index (χ1v) is 4.44. The first kappa shape index (κ1) is 6.55. The molecule has 2 nitrogen and oxygen atoms in total. The van der Waals surface area contributed by atoms with E-state index in [1.807, 2.05) is 11.8 Å². The molecule has 3 heteroatoms. The van der Waals surface area contributed by atoms with Crippen LogP contribution in [-0.4, -0.2) is 25.1 Å². The molecule has 0 amide bonds. The van der Waals surface area contributed by atoms with E-state index in [-0.39, 0.29) is 6.10 Å². The molecule has 2 aliphatic heterocycles. The molecule has 0 saturated carbocycles. The predicted molar refractivity (Wildman–Crippen MR) is 40.9 cm³/mol. The van der Waals surface area contributed by atoms with Gasteiger partial charge in [-0.05, 0) is 6.92 Å². The third-order valence-electron chi connectivity index (χ3n) is 1.75. The van der Waals surface area contributed by atoms with Crippen LogP contribution < -0.4 is 0 Å². The summed E-state index contributed by atoms with van der Waals surface area (Å²) in [7, 11) is 0. The summed E-state index contributed by atoms with van der Waals surface area (Å²) in [5.74, 6) is 2.12. The highest BCUT2D eigenvalue weighted by Crippen LogP contribution is 2.34. The molecule has 2 aliphatic rings. The van der Waals surface area contributed by atoms with Crippen molar-refractivity contribution in [1.29, 1.82) is 0 Å². The third kappa shape index (κ3) is 0.935.